The maximum absolute atomic E-state index is 11.3. The first-order valence-electron chi connectivity index (χ1n) is 5.19. The van der Waals surface area contributed by atoms with Gasteiger partial charge >= 0.3 is 29.6 Å². The molecule has 7 heteroatoms. The fourth-order valence-corrected chi connectivity index (χ4v) is 2.47. The molecule has 0 fully saturated rings. The van der Waals surface area contributed by atoms with Crippen LogP contribution in [0.25, 0.3) is 22.1 Å². The van der Waals surface area contributed by atoms with Crippen LogP contribution in [0.2, 0.25) is 0 Å². The van der Waals surface area contributed by atoms with Crippen molar-refractivity contribution in [1.82, 2.24) is 9.97 Å². The van der Waals surface area contributed by atoms with Gasteiger partial charge in [-0.05, 0) is 24.3 Å². The molecule has 0 atom stereocenters. The third-order valence-electron chi connectivity index (χ3n) is 2.61. The zero-order valence-electron chi connectivity index (χ0n) is 11.1. The Balaban J connectivity index is 0.000001000. The molecule has 0 aliphatic rings. The van der Waals surface area contributed by atoms with E-state index in [-0.39, 0.29) is 41.4 Å². The molecule has 0 aliphatic carbocycles. The number of hydrogen-bond acceptors (Lipinski definition) is 4. The monoisotopic (exact) mass is 284 g/mol. The van der Waals surface area contributed by atoms with E-state index in [1.54, 1.807) is 24.3 Å². The van der Waals surface area contributed by atoms with Gasteiger partial charge in [0.05, 0.1) is 16.6 Å². The molecular weight excluding hydrogens is 275 g/mol. The summed E-state index contributed by atoms with van der Waals surface area (Å²) in [5.74, 6) is 0. The Morgan fingerprint density at radius 3 is 2.11 bits per heavy atom. The molecule has 0 radical (unpaired) electrons. The van der Waals surface area contributed by atoms with Crippen molar-refractivity contribution < 1.29 is 44.0 Å². The van der Waals surface area contributed by atoms with Crippen molar-refractivity contribution in [3.8, 4) is 0 Å². The first kappa shape index (κ1) is 14.4. The second-order valence-corrected chi connectivity index (χ2v) is 5.20. The van der Waals surface area contributed by atoms with Gasteiger partial charge in [0.15, 0.2) is 0 Å². The van der Waals surface area contributed by atoms with E-state index in [0.29, 0.717) is 16.6 Å². The minimum Gasteiger partial charge on any atom is -1.00 e. The minimum atomic E-state index is -4.30. The van der Waals surface area contributed by atoms with Crippen LogP contribution in [0.15, 0.2) is 47.4 Å². The van der Waals surface area contributed by atoms with E-state index in [9.17, 15) is 8.42 Å². The smallest absolute Gasteiger partial charge is 1.00 e. The van der Waals surface area contributed by atoms with Crippen LogP contribution in [0.4, 0.5) is 0 Å². The standard InChI is InChI=1S/C12H8N2O3S.Na.H/c15-18(16,17)11-7-3-6-10-12(11)14-9-5-2-1-4-8(9)13-10;;/h1-7H,(H,15,16,17);;/q;+1;-1. The molecule has 5 nitrogen and oxygen atoms in total. The van der Waals surface area contributed by atoms with E-state index < -0.39 is 10.1 Å². The van der Waals surface area contributed by atoms with Crippen molar-refractivity contribution in [1.29, 1.82) is 0 Å². The number of fused-ring (bicyclic) bond motifs is 2. The molecular formula is C12H9N2NaO3S. The topological polar surface area (TPSA) is 80.2 Å². The summed E-state index contributed by atoms with van der Waals surface area (Å²) < 4.78 is 31.7. The SMILES string of the molecule is O=S(=O)(O)c1cccc2nc3ccccc3nc12.[H-].[Na+]. The zero-order valence-corrected chi connectivity index (χ0v) is 12.9. The third-order valence-corrected chi connectivity index (χ3v) is 3.50. The van der Waals surface area contributed by atoms with Crippen molar-refractivity contribution in [3.63, 3.8) is 0 Å². The van der Waals surface area contributed by atoms with E-state index in [0.717, 1.165) is 0 Å². The molecule has 1 aromatic heterocycles. The number of benzene rings is 2. The number of aromatic nitrogens is 2. The molecule has 0 bridgehead atoms. The Bertz CT molecular complexity index is 871. The minimum absolute atomic E-state index is 0. The predicted molar refractivity (Wildman–Crippen MR) is 68.0 cm³/mol. The molecule has 19 heavy (non-hydrogen) atoms. The average molecular weight is 284 g/mol. The second kappa shape index (κ2) is 5.15. The molecule has 2 aromatic carbocycles. The zero-order chi connectivity index (χ0) is 12.8. The molecule has 3 rings (SSSR count). The Hall–Kier alpha value is -1.05. The van der Waals surface area contributed by atoms with Crippen molar-refractivity contribution in [2.24, 2.45) is 0 Å². The summed E-state index contributed by atoms with van der Waals surface area (Å²) in [5, 5.41) is 0. The van der Waals surface area contributed by atoms with Crippen molar-refractivity contribution >= 4 is 32.2 Å². The molecule has 92 valence electrons. The Morgan fingerprint density at radius 1 is 0.895 bits per heavy atom. The molecule has 0 saturated carbocycles. The van der Waals surface area contributed by atoms with Gasteiger partial charge in [-0.15, -0.1) is 0 Å². The number of hydrogen-bond donors (Lipinski definition) is 1. The third kappa shape index (κ3) is 2.63. The van der Waals surface area contributed by atoms with Crippen LogP contribution in [0.3, 0.4) is 0 Å². The van der Waals surface area contributed by atoms with Gasteiger partial charge < -0.3 is 1.43 Å². The van der Waals surface area contributed by atoms with Crippen molar-refractivity contribution in [2.75, 3.05) is 0 Å². The summed E-state index contributed by atoms with van der Waals surface area (Å²) in [7, 11) is -4.30. The van der Waals surface area contributed by atoms with E-state index >= 15 is 0 Å². The molecule has 0 aliphatic heterocycles. The molecule has 1 heterocycles. The number of rotatable bonds is 1. The fraction of sp³-hybridized carbons (Fsp3) is 0. The van der Waals surface area contributed by atoms with Gasteiger partial charge in [0.25, 0.3) is 10.1 Å². The quantitative estimate of drug-likeness (QED) is 0.357. The van der Waals surface area contributed by atoms with Crippen LogP contribution in [0, 0.1) is 0 Å². The van der Waals surface area contributed by atoms with Gasteiger partial charge in [-0.3, -0.25) is 4.55 Å². The van der Waals surface area contributed by atoms with Gasteiger partial charge in [-0.2, -0.15) is 8.42 Å². The largest absolute Gasteiger partial charge is 1.00 e. The molecule has 0 spiro atoms. The Morgan fingerprint density at radius 2 is 1.47 bits per heavy atom. The molecule has 0 unspecified atom stereocenters. The summed E-state index contributed by atoms with van der Waals surface area (Å²) in [6.07, 6.45) is 0. The summed E-state index contributed by atoms with van der Waals surface area (Å²) in [6, 6.07) is 11.6. The van der Waals surface area contributed by atoms with E-state index in [1.165, 1.54) is 12.1 Å². The first-order chi connectivity index (χ1) is 8.55. The van der Waals surface area contributed by atoms with Crippen LogP contribution >= 0.6 is 0 Å². The maximum atomic E-state index is 11.3. The Labute approximate surface area is 133 Å². The molecule has 0 saturated heterocycles. The number of nitrogens with zero attached hydrogens (tertiary/aromatic N) is 2. The fourth-order valence-electron chi connectivity index (χ4n) is 1.82. The summed E-state index contributed by atoms with van der Waals surface area (Å²) >= 11 is 0. The number of para-hydroxylation sites is 3. The molecule has 1 N–H and O–H groups in total. The van der Waals surface area contributed by atoms with E-state index in [1.807, 2.05) is 6.07 Å². The normalized spacial score (nSPS) is 11.4. The van der Waals surface area contributed by atoms with Gasteiger partial charge in [0, 0.05) is 0 Å². The van der Waals surface area contributed by atoms with Gasteiger partial charge in [0.1, 0.15) is 10.4 Å². The van der Waals surface area contributed by atoms with Crippen molar-refractivity contribution in [2.45, 2.75) is 4.90 Å². The van der Waals surface area contributed by atoms with Crippen LogP contribution in [0.5, 0.6) is 0 Å². The Kier molecular flexibility index (Phi) is 3.89. The van der Waals surface area contributed by atoms with Crippen molar-refractivity contribution in [3.05, 3.63) is 42.5 Å². The van der Waals surface area contributed by atoms with Gasteiger partial charge in [-0.25, -0.2) is 9.97 Å². The second-order valence-electron chi connectivity index (χ2n) is 3.81. The van der Waals surface area contributed by atoms with Crippen LogP contribution in [0.1, 0.15) is 1.43 Å². The summed E-state index contributed by atoms with van der Waals surface area (Å²) in [4.78, 5) is 8.33. The van der Waals surface area contributed by atoms with Crippen LogP contribution < -0.4 is 29.6 Å². The van der Waals surface area contributed by atoms with Crippen LogP contribution in [-0.4, -0.2) is 22.9 Å². The van der Waals surface area contributed by atoms with E-state index in [2.05, 4.69) is 9.97 Å². The molecule has 3 aromatic rings. The predicted octanol–water partition coefficient (Wildman–Crippen LogP) is -0.854. The summed E-state index contributed by atoms with van der Waals surface area (Å²) in [6.45, 7) is 0. The maximum Gasteiger partial charge on any atom is 1.00 e. The van der Waals surface area contributed by atoms with Gasteiger partial charge in [0.2, 0.25) is 0 Å². The van der Waals surface area contributed by atoms with Crippen LogP contribution in [-0.2, 0) is 10.1 Å². The average Bonchev–Trinajstić information content (AvgIpc) is 2.34. The summed E-state index contributed by atoms with van der Waals surface area (Å²) in [5.41, 5.74) is 1.88. The van der Waals surface area contributed by atoms with Gasteiger partial charge in [-0.1, -0.05) is 18.2 Å². The first-order valence-corrected chi connectivity index (χ1v) is 6.63. The molecule has 0 amide bonds. The van der Waals surface area contributed by atoms with E-state index in [4.69, 9.17) is 4.55 Å².